The molecule has 0 aliphatic carbocycles. The van der Waals surface area contributed by atoms with Gasteiger partial charge in [0.05, 0.1) is 5.39 Å². The van der Waals surface area contributed by atoms with Crippen LogP contribution in [0.3, 0.4) is 0 Å². The normalized spacial score (nSPS) is 11.2. The minimum absolute atomic E-state index is 0.278. The number of hydrogen-bond acceptors (Lipinski definition) is 4. The molecule has 1 amide bonds. The van der Waals surface area contributed by atoms with Crippen LogP contribution in [0, 0.1) is 0 Å². The second-order valence-electron chi connectivity index (χ2n) is 7.48. The van der Waals surface area contributed by atoms with Crippen molar-refractivity contribution < 1.29 is 4.79 Å². The summed E-state index contributed by atoms with van der Waals surface area (Å²) in [5, 5.41) is 7.46. The molecule has 1 aromatic carbocycles. The van der Waals surface area contributed by atoms with Crippen LogP contribution in [0.5, 0.6) is 0 Å². The molecule has 0 aliphatic rings. The number of fused-ring (bicyclic) bond motifs is 1. The van der Waals surface area contributed by atoms with Gasteiger partial charge in [0.15, 0.2) is 0 Å². The van der Waals surface area contributed by atoms with Crippen LogP contribution in [0.4, 0.5) is 0 Å². The maximum atomic E-state index is 13.1. The summed E-state index contributed by atoms with van der Waals surface area (Å²) in [7, 11) is 3.07. The fourth-order valence-electron chi connectivity index (χ4n) is 3.92. The van der Waals surface area contributed by atoms with Gasteiger partial charge in [-0.05, 0) is 46.0 Å². The van der Waals surface area contributed by atoms with E-state index in [4.69, 9.17) is 0 Å². The monoisotopic (exact) mass is 436 g/mol. The first kappa shape index (κ1) is 20.9. The van der Waals surface area contributed by atoms with Gasteiger partial charge in [-0.3, -0.25) is 18.7 Å². The number of hydrogen-bond donors (Lipinski definition) is 1. The second-order valence-corrected chi connectivity index (χ2v) is 8.26. The van der Waals surface area contributed by atoms with Crippen molar-refractivity contribution in [1.82, 2.24) is 19.0 Å². The molecule has 0 unspecified atom stereocenters. The van der Waals surface area contributed by atoms with Gasteiger partial charge in [-0.25, -0.2) is 4.79 Å². The van der Waals surface area contributed by atoms with E-state index in [1.54, 1.807) is 29.0 Å². The first-order chi connectivity index (χ1) is 14.9. The maximum Gasteiger partial charge on any atom is 0.332 e. The molecule has 0 radical (unpaired) electrons. The van der Waals surface area contributed by atoms with Crippen molar-refractivity contribution in [2.45, 2.75) is 26.4 Å². The first-order valence-electron chi connectivity index (χ1n) is 10.1. The molecule has 0 spiro atoms. The average molecular weight is 437 g/mol. The minimum Gasteiger partial charge on any atom is -0.347 e. The Morgan fingerprint density at radius 2 is 1.87 bits per heavy atom. The summed E-state index contributed by atoms with van der Waals surface area (Å²) >= 11 is 1.63. The average Bonchev–Trinajstić information content (AvgIpc) is 3.44. The smallest absolute Gasteiger partial charge is 0.332 e. The van der Waals surface area contributed by atoms with Crippen molar-refractivity contribution in [2.75, 3.05) is 0 Å². The van der Waals surface area contributed by atoms with E-state index in [2.05, 4.69) is 16.8 Å². The van der Waals surface area contributed by atoms with E-state index in [0.717, 1.165) is 27.7 Å². The van der Waals surface area contributed by atoms with Crippen LogP contribution in [0.1, 0.15) is 29.4 Å². The van der Waals surface area contributed by atoms with Gasteiger partial charge in [0, 0.05) is 27.2 Å². The quantitative estimate of drug-likeness (QED) is 0.505. The SMILES string of the molecule is CCCn1c(C(=O)NCc2ccccc2-c2ccsc2)cc2c(=O)n(C)c(=O)n(C)c21. The lowest BCUT2D eigenvalue weighted by Crippen LogP contribution is -2.37. The maximum absolute atomic E-state index is 13.1. The highest BCUT2D eigenvalue weighted by atomic mass is 32.1. The van der Waals surface area contributed by atoms with Gasteiger partial charge in [0.25, 0.3) is 11.5 Å². The Morgan fingerprint density at radius 3 is 2.58 bits per heavy atom. The highest BCUT2D eigenvalue weighted by Gasteiger charge is 2.21. The molecule has 31 heavy (non-hydrogen) atoms. The Balaban J connectivity index is 1.72. The third kappa shape index (κ3) is 3.63. The van der Waals surface area contributed by atoms with Gasteiger partial charge in [-0.2, -0.15) is 11.3 Å². The van der Waals surface area contributed by atoms with Gasteiger partial charge >= 0.3 is 5.69 Å². The van der Waals surface area contributed by atoms with Gasteiger partial charge < -0.3 is 9.88 Å². The van der Waals surface area contributed by atoms with Crippen molar-refractivity contribution >= 4 is 28.3 Å². The number of carbonyl (C=O) groups is 1. The van der Waals surface area contributed by atoms with E-state index in [1.165, 1.54) is 11.6 Å². The van der Waals surface area contributed by atoms with Crippen LogP contribution in [-0.4, -0.2) is 19.6 Å². The number of benzene rings is 1. The molecule has 0 bridgehead atoms. The van der Waals surface area contributed by atoms with Crippen molar-refractivity contribution in [3.05, 3.63) is 79.3 Å². The Kier molecular flexibility index (Phi) is 5.65. The summed E-state index contributed by atoms with van der Waals surface area (Å²) in [6.45, 7) is 2.87. The summed E-state index contributed by atoms with van der Waals surface area (Å²) < 4.78 is 4.25. The summed E-state index contributed by atoms with van der Waals surface area (Å²) in [5.41, 5.74) is 3.25. The summed E-state index contributed by atoms with van der Waals surface area (Å²) in [6, 6.07) is 11.6. The Labute approximate surface area is 183 Å². The molecule has 0 saturated carbocycles. The van der Waals surface area contributed by atoms with Crippen molar-refractivity contribution in [3.63, 3.8) is 0 Å². The van der Waals surface area contributed by atoms with Crippen LogP contribution >= 0.6 is 11.3 Å². The number of aromatic nitrogens is 3. The summed E-state index contributed by atoms with van der Waals surface area (Å²) in [5.74, 6) is -0.278. The third-order valence-corrected chi connectivity index (χ3v) is 6.15. The number of carbonyl (C=O) groups excluding carboxylic acids is 1. The third-order valence-electron chi connectivity index (χ3n) is 5.46. The zero-order chi connectivity index (χ0) is 22.1. The summed E-state index contributed by atoms with van der Waals surface area (Å²) in [6.07, 6.45) is 0.758. The van der Waals surface area contributed by atoms with Gasteiger partial charge in [0.2, 0.25) is 0 Å². The molecule has 4 aromatic rings. The van der Waals surface area contributed by atoms with E-state index in [-0.39, 0.29) is 5.91 Å². The lowest BCUT2D eigenvalue weighted by molar-refractivity contribution is 0.0942. The molecule has 0 aliphatic heterocycles. The van der Waals surface area contributed by atoms with Crippen molar-refractivity contribution in [3.8, 4) is 11.1 Å². The molecule has 4 rings (SSSR count). The molecule has 160 valence electrons. The number of rotatable bonds is 6. The van der Waals surface area contributed by atoms with Crippen molar-refractivity contribution in [1.29, 1.82) is 0 Å². The number of aryl methyl sites for hydroxylation is 2. The van der Waals surface area contributed by atoms with Gasteiger partial charge in [-0.15, -0.1) is 0 Å². The topological polar surface area (TPSA) is 78.0 Å². The van der Waals surface area contributed by atoms with Gasteiger partial charge in [0.1, 0.15) is 11.3 Å². The van der Waals surface area contributed by atoms with E-state index >= 15 is 0 Å². The zero-order valence-corrected chi connectivity index (χ0v) is 18.5. The molecule has 0 saturated heterocycles. The minimum atomic E-state index is -0.412. The van der Waals surface area contributed by atoms with E-state index in [1.807, 2.05) is 36.6 Å². The van der Waals surface area contributed by atoms with Crippen LogP contribution in [0.25, 0.3) is 22.2 Å². The van der Waals surface area contributed by atoms with E-state index in [9.17, 15) is 14.4 Å². The fourth-order valence-corrected chi connectivity index (χ4v) is 4.57. The Hall–Kier alpha value is -3.39. The Bertz CT molecular complexity index is 1380. The van der Waals surface area contributed by atoms with Crippen LogP contribution in [0.15, 0.2) is 56.7 Å². The highest BCUT2D eigenvalue weighted by molar-refractivity contribution is 7.08. The predicted molar refractivity (Wildman–Crippen MR) is 124 cm³/mol. The molecule has 0 fully saturated rings. The van der Waals surface area contributed by atoms with Crippen LogP contribution < -0.4 is 16.6 Å². The van der Waals surface area contributed by atoms with E-state index < -0.39 is 11.2 Å². The molecule has 7 nitrogen and oxygen atoms in total. The molecule has 8 heteroatoms. The largest absolute Gasteiger partial charge is 0.347 e. The standard InChI is InChI=1S/C23H24N4O3S/c1-4-10-27-19(12-18-21(27)25(2)23(30)26(3)22(18)29)20(28)24-13-15-7-5-6-8-17(15)16-9-11-31-14-16/h5-9,11-12,14H,4,10,13H2,1-3H3,(H,24,28). The number of nitrogens with zero attached hydrogens (tertiary/aromatic N) is 3. The lowest BCUT2D eigenvalue weighted by Gasteiger charge is -2.13. The van der Waals surface area contributed by atoms with Gasteiger partial charge in [-0.1, -0.05) is 31.2 Å². The molecular weight excluding hydrogens is 412 g/mol. The first-order valence-corrected chi connectivity index (χ1v) is 11.1. The zero-order valence-electron chi connectivity index (χ0n) is 17.7. The number of nitrogens with one attached hydrogen (secondary N) is 1. The molecular formula is C23H24N4O3S. The number of thiophene rings is 1. The number of amides is 1. The summed E-state index contributed by atoms with van der Waals surface area (Å²) in [4.78, 5) is 38.2. The molecule has 1 N–H and O–H groups in total. The van der Waals surface area contributed by atoms with Crippen LogP contribution in [0.2, 0.25) is 0 Å². The second kappa shape index (κ2) is 8.39. The highest BCUT2D eigenvalue weighted by Crippen LogP contribution is 2.26. The molecule has 3 aromatic heterocycles. The Morgan fingerprint density at radius 1 is 1.10 bits per heavy atom. The predicted octanol–water partition coefficient (Wildman–Crippen LogP) is 3.11. The fraction of sp³-hybridized carbons (Fsp3) is 0.261. The molecule has 0 atom stereocenters. The lowest BCUT2D eigenvalue weighted by atomic mass is 10.0. The van der Waals surface area contributed by atoms with E-state index in [0.29, 0.717) is 29.8 Å². The molecule has 3 heterocycles. The van der Waals surface area contributed by atoms with Crippen molar-refractivity contribution in [2.24, 2.45) is 14.1 Å². The van der Waals surface area contributed by atoms with Crippen LogP contribution in [-0.2, 0) is 27.2 Å².